The van der Waals surface area contributed by atoms with Crippen LogP contribution < -0.4 is 11.1 Å². The maximum Gasteiger partial charge on any atom is 0.237 e. The van der Waals surface area contributed by atoms with Crippen molar-refractivity contribution in [2.45, 2.75) is 64.1 Å². The summed E-state index contributed by atoms with van der Waals surface area (Å²) in [5.74, 6) is 0.303. The largest absolute Gasteiger partial charge is 0.352 e. The SMILES string of the molecule is CCC(C)C(N)C(=O)NC1CCN2CCCC2C1. The van der Waals surface area contributed by atoms with Crippen LogP contribution in [0.3, 0.4) is 0 Å². The molecule has 2 aliphatic heterocycles. The molecule has 1 amide bonds. The van der Waals surface area contributed by atoms with Crippen LogP contribution in [0.4, 0.5) is 0 Å². The van der Waals surface area contributed by atoms with E-state index >= 15 is 0 Å². The Morgan fingerprint density at radius 2 is 2.22 bits per heavy atom. The van der Waals surface area contributed by atoms with E-state index in [0.717, 1.165) is 25.8 Å². The number of carbonyl (C=O) groups is 1. The number of rotatable bonds is 4. The summed E-state index contributed by atoms with van der Waals surface area (Å²) in [7, 11) is 0. The fraction of sp³-hybridized carbons (Fsp3) is 0.929. The molecule has 0 bridgehead atoms. The minimum atomic E-state index is -0.350. The van der Waals surface area contributed by atoms with Gasteiger partial charge < -0.3 is 16.0 Å². The summed E-state index contributed by atoms with van der Waals surface area (Å²) >= 11 is 0. The van der Waals surface area contributed by atoms with E-state index in [2.05, 4.69) is 17.1 Å². The number of amides is 1. The molecule has 2 heterocycles. The van der Waals surface area contributed by atoms with Gasteiger partial charge in [-0.15, -0.1) is 0 Å². The maximum atomic E-state index is 12.1. The average Bonchev–Trinajstić information content (AvgIpc) is 2.84. The summed E-state index contributed by atoms with van der Waals surface area (Å²) < 4.78 is 0. The molecule has 4 atom stereocenters. The molecule has 18 heavy (non-hydrogen) atoms. The number of hydrogen-bond acceptors (Lipinski definition) is 3. The molecule has 2 aliphatic rings. The van der Waals surface area contributed by atoms with E-state index in [1.807, 2.05) is 6.92 Å². The van der Waals surface area contributed by atoms with Crippen LogP contribution in [0.2, 0.25) is 0 Å². The van der Waals surface area contributed by atoms with Gasteiger partial charge in [0.2, 0.25) is 5.91 Å². The van der Waals surface area contributed by atoms with Crippen molar-refractivity contribution in [1.29, 1.82) is 0 Å². The van der Waals surface area contributed by atoms with Gasteiger partial charge in [0.15, 0.2) is 0 Å². The molecule has 0 aliphatic carbocycles. The Kier molecular flexibility index (Phi) is 4.62. The van der Waals surface area contributed by atoms with Crippen LogP contribution in [0.15, 0.2) is 0 Å². The van der Waals surface area contributed by atoms with Crippen molar-refractivity contribution >= 4 is 5.91 Å². The molecule has 104 valence electrons. The predicted octanol–water partition coefficient (Wildman–Crippen LogP) is 1.10. The lowest BCUT2D eigenvalue weighted by Gasteiger charge is -2.35. The number of carbonyl (C=O) groups excluding carboxylic acids is 1. The summed E-state index contributed by atoms with van der Waals surface area (Å²) in [6.45, 7) is 6.50. The second-order valence-corrected chi connectivity index (χ2v) is 5.97. The van der Waals surface area contributed by atoms with Gasteiger partial charge in [-0.05, 0) is 38.1 Å². The van der Waals surface area contributed by atoms with Crippen LogP contribution >= 0.6 is 0 Å². The van der Waals surface area contributed by atoms with Crippen LogP contribution in [0.25, 0.3) is 0 Å². The second-order valence-electron chi connectivity index (χ2n) is 5.97. The molecule has 4 heteroatoms. The number of nitrogens with two attached hydrogens (primary N) is 1. The first-order valence-electron chi connectivity index (χ1n) is 7.41. The van der Waals surface area contributed by atoms with Gasteiger partial charge in [-0.1, -0.05) is 20.3 Å². The van der Waals surface area contributed by atoms with Gasteiger partial charge in [-0.25, -0.2) is 0 Å². The van der Waals surface area contributed by atoms with Crippen molar-refractivity contribution in [3.8, 4) is 0 Å². The van der Waals surface area contributed by atoms with E-state index < -0.39 is 0 Å². The first-order chi connectivity index (χ1) is 8.61. The summed E-state index contributed by atoms with van der Waals surface area (Å²) in [5.41, 5.74) is 5.97. The first kappa shape index (κ1) is 13.8. The lowest BCUT2D eigenvalue weighted by Crippen LogP contribution is -2.52. The molecule has 4 unspecified atom stereocenters. The topological polar surface area (TPSA) is 58.4 Å². The third-order valence-electron chi connectivity index (χ3n) is 4.73. The third kappa shape index (κ3) is 3.04. The highest BCUT2D eigenvalue weighted by molar-refractivity contribution is 5.82. The van der Waals surface area contributed by atoms with Crippen LogP contribution in [-0.2, 0) is 4.79 Å². The summed E-state index contributed by atoms with van der Waals surface area (Å²) in [6.07, 6.45) is 5.76. The van der Waals surface area contributed by atoms with Crippen LogP contribution in [0.5, 0.6) is 0 Å². The summed E-state index contributed by atoms with van der Waals surface area (Å²) in [5, 5.41) is 3.16. The number of piperidine rings is 1. The van der Waals surface area contributed by atoms with E-state index in [4.69, 9.17) is 5.73 Å². The molecule has 0 radical (unpaired) electrons. The number of nitrogens with zero attached hydrogens (tertiary/aromatic N) is 1. The standard InChI is InChI=1S/C14H27N3O/c1-3-10(2)13(15)14(18)16-11-6-8-17-7-4-5-12(17)9-11/h10-13H,3-9,15H2,1-2H3,(H,16,18). The van der Waals surface area contributed by atoms with Crippen molar-refractivity contribution < 1.29 is 4.79 Å². The van der Waals surface area contributed by atoms with E-state index in [1.54, 1.807) is 0 Å². The molecule has 2 saturated heterocycles. The zero-order chi connectivity index (χ0) is 13.1. The number of nitrogens with one attached hydrogen (secondary N) is 1. The lowest BCUT2D eigenvalue weighted by atomic mass is 9.95. The summed E-state index contributed by atoms with van der Waals surface area (Å²) in [4.78, 5) is 14.6. The van der Waals surface area contributed by atoms with Gasteiger partial charge in [-0.2, -0.15) is 0 Å². The van der Waals surface area contributed by atoms with Crippen LogP contribution in [0, 0.1) is 5.92 Å². The minimum absolute atomic E-state index is 0.0424. The normalized spacial score (nSPS) is 31.7. The van der Waals surface area contributed by atoms with Gasteiger partial charge in [0.1, 0.15) is 0 Å². The van der Waals surface area contributed by atoms with E-state index in [-0.39, 0.29) is 17.9 Å². The number of fused-ring (bicyclic) bond motifs is 1. The Labute approximate surface area is 110 Å². The van der Waals surface area contributed by atoms with Gasteiger partial charge in [0, 0.05) is 18.6 Å². The molecule has 2 fully saturated rings. The molecule has 0 aromatic carbocycles. The predicted molar refractivity (Wildman–Crippen MR) is 73.2 cm³/mol. The zero-order valence-electron chi connectivity index (χ0n) is 11.7. The van der Waals surface area contributed by atoms with E-state index in [0.29, 0.717) is 12.1 Å². The molecule has 3 N–H and O–H groups in total. The second kappa shape index (κ2) is 6.02. The highest BCUT2D eigenvalue weighted by Gasteiger charge is 2.33. The molecule has 0 aromatic rings. The minimum Gasteiger partial charge on any atom is -0.352 e. The van der Waals surface area contributed by atoms with Gasteiger partial charge >= 0.3 is 0 Å². The zero-order valence-corrected chi connectivity index (χ0v) is 11.7. The Bertz CT molecular complexity index is 295. The molecule has 0 saturated carbocycles. The monoisotopic (exact) mass is 253 g/mol. The molecular formula is C14H27N3O. The Morgan fingerprint density at radius 1 is 1.44 bits per heavy atom. The van der Waals surface area contributed by atoms with E-state index in [1.165, 1.54) is 19.4 Å². The third-order valence-corrected chi connectivity index (χ3v) is 4.73. The molecule has 2 rings (SSSR count). The molecule has 0 aromatic heterocycles. The quantitative estimate of drug-likeness (QED) is 0.789. The Balaban J connectivity index is 1.81. The highest BCUT2D eigenvalue weighted by atomic mass is 16.2. The average molecular weight is 253 g/mol. The molecule has 0 spiro atoms. The number of hydrogen-bond donors (Lipinski definition) is 2. The maximum absolute atomic E-state index is 12.1. The van der Waals surface area contributed by atoms with Crippen LogP contribution in [-0.4, -0.2) is 42.0 Å². The van der Waals surface area contributed by atoms with Crippen molar-refractivity contribution in [1.82, 2.24) is 10.2 Å². The fourth-order valence-electron chi connectivity index (χ4n) is 3.17. The lowest BCUT2D eigenvalue weighted by molar-refractivity contribution is -0.124. The van der Waals surface area contributed by atoms with Crippen molar-refractivity contribution in [2.75, 3.05) is 13.1 Å². The molecule has 4 nitrogen and oxygen atoms in total. The summed E-state index contributed by atoms with van der Waals surface area (Å²) in [6, 6.07) is 0.687. The van der Waals surface area contributed by atoms with Gasteiger partial charge in [0.05, 0.1) is 6.04 Å². The van der Waals surface area contributed by atoms with Gasteiger partial charge in [0.25, 0.3) is 0 Å². The van der Waals surface area contributed by atoms with Crippen molar-refractivity contribution in [2.24, 2.45) is 11.7 Å². The van der Waals surface area contributed by atoms with E-state index in [9.17, 15) is 4.79 Å². The van der Waals surface area contributed by atoms with Gasteiger partial charge in [-0.3, -0.25) is 4.79 Å². The Hall–Kier alpha value is -0.610. The smallest absolute Gasteiger partial charge is 0.237 e. The van der Waals surface area contributed by atoms with Crippen molar-refractivity contribution in [3.05, 3.63) is 0 Å². The molecular weight excluding hydrogens is 226 g/mol. The van der Waals surface area contributed by atoms with Crippen molar-refractivity contribution in [3.63, 3.8) is 0 Å². The Morgan fingerprint density at radius 3 is 2.94 bits per heavy atom. The fourth-order valence-corrected chi connectivity index (χ4v) is 3.17. The van der Waals surface area contributed by atoms with Crippen LogP contribution in [0.1, 0.15) is 46.0 Å². The highest BCUT2D eigenvalue weighted by Crippen LogP contribution is 2.26. The first-order valence-corrected chi connectivity index (χ1v) is 7.41.